The summed E-state index contributed by atoms with van der Waals surface area (Å²) >= 11 is 2.53. The molecule has 1 N–H and O–H groups in total. The number of carbonyl (C=O) groups is 2. The lowest BCUT2D eigenvalue weighted by Gasteiger charge is -2.29. The maximum absolute atomic E-state index is 15.2. The molecule has 4 aromatic carbocycles. The van der Waals surface area contributed by atoms with Crippen LogP contribution in [-0.2, 0) is 27.9 Å². The minimum Gasteiger partial charge on any atom is -0.492 e. The van der Waals surface area contributed by atoms with Gasteiger partial charge in [-0.05, 0) is 101 Å². The fourth-order valence-corrected chi connectivity index (χ4v) is 8.43. The normalized spacial score (nSPS) is 14.5. The van der Waals surface area contributed by atoms with Gasteiger partial charge >= 0.3 is 5.97 Å². The summed E-state index contributed by atoms with van der Waals surface area (Å²) < 4.78 is 106. The number of carbonyl (C=O) groups excluding carboxylic acids is 1. The van der Waals surface area contributed by atoms with Crippen molar-refractivity contribution in [3.8, 4) is 5.75 Å². The highest BCUT2D eigenvalue weighted by Gasteiger charge is 2.38. The quantitative estimate of drug-likeness (QED) is 0.0780. The molecule has 0 aromatic heterocycles. The molecule has 15 heteroatoms. The van der Waals surface area contributed by atoms with Crippen molar-refractivity contribution in [1.82, 2.24) is 4.31 Å². The molecule has 8 nitrogen and oxygen atoms in total. The predicted octanol–water partition coefficient (Wildman–Crippen LogP) is 8.42. The second-order valence-corrected chi connectivity index (χ2v) is 15.4. The molecule has 6 rings (SSSR count). The lowest BCUT2D eigenvalue weighted by atomic mass is 9.99. The summed E-state index contributed by atoms with van der Waals surface area (Å²) in [6.07, 6.45) is 4.00. The number of nitrogens with zero attached hydrogens (tertiary/aromatic N) is 2. The second kappa shape index (κ2) is 15.0. The maximum Gasteiger partial charge on any atom is 0.335 e. The van der Waals surface area contributed by atoms with Gasteiger partial charge in [0.1, 0.15) is 16.5 Å². The van der Waals surface area contributed by atoms with E-state index in [0.29, 0.717) is 21.7 Å². The van der Waals surface area contributed by atoms with Gasteiger partial charge in [0.25, 0.3) is 0 Å². The molecule has 0 bridgehead atoms. The first-order valence-corrected chi connectivity index (χ1v) is 18.6. The third-order valence-corrected chi connectivity index (χ3v) is 11.8. The van der Waals surface area contributed by atoms with Crippen LogP contribution in [0.4, 0.5) is 27.6 Å². The molecule has 0 radical (unpaired) electrons. The summed E-state index contributed by atoms with van der Waals surface area (Å²) in [6.45, 7) is -0.491. The van der Waals surface area contributed by atoms with Gasteiger partial charge < -0.3 is 14.7 Å². The molecule has 0 spiro atoms. The van der Waals surface area contributed by atoms with Gasteiger partial charge in [-0.2, -0.15) is 4.31 Å². The lowest BCUT2D eigenvalue weighted by molar-refractivity contribution is -0.119. The minimum atomic E-state index is -5.44. The first-order valence-electron chi connectivity index (χ1n) is 16.4. The number of hydrogen-bond donors (Lipinski definition) is 1. The number of anilines is 1. The molecule has 0 saturated heterocycles. The van der Waals surface area contributed by atoms with Crippen LogP contribution in [-0.4, -0.2) is 42.9 Å². The van der Waals surface area contributed by atoms with Crippen molar-refractivity contribution in [3.05, 3.63) is 122 Å². The maximum atomic E-state index is 15.2. The van der Waals surface area contributed by atoms with Crippen LogP contribution in [0.3, 0.4) is 0 Å². The van der Waals surface area contributed by atoms with Gasteiger partial charge in [-0.3, -0.25) is 4.79 Å². The van der Waals surface area contributed by atoms with E-state index in [0.717, 1.165) is 42.9 Å². The number of amides is 1. The third-order valence-electron chi connectivity index (χ3n) is 8.96. The molecule has 2 fully saturated rings. The van der Waals surface area contributed by atoms with Crippen molar-refractivity contribution >= 4 is 43.5 Å². The fraction of sp³-hybridized carbons (Fsp3) is 0.297. The minimum absolute atomic E-state index is 0.0171. The molecule has 0 unspecified atom stereocenters. The van der Waals surface area contributed by atoms with E-state index in [9.17, 15) is 40.7 Å². The van der Waals surface area contributed by atoms with E-state index in [-0.39, 0.29) is 35.7 Å². The molecular formula is C37H32BrF5N2O6S. The summed E-state index contributed by atoms with van der Waals surface area (Å²) in [7, 11) is -5.44. The summed E-state index contributed by atoms with van der Waals surface area (Å²) in [5.74, 6) is -11.4. The van der Waals surface area contributed by atoms with Crippen LogP contribution in [0.5, 0.6) is 5.75 Å². The zero-order valence-corrected chi connectivity index (χ0v) is 30.0. The zero-order valence-electron chi connectivity index (χ0n) is 27.6. The molecule has 0 atom stereocenters. The van der Waals surface area contributed by atoms with Crippen LogP contribution in [0.2, 0.25) is 0 Å². The van der Waals surface area contributed by atoms with Crippen molar-refractivity contribution in [2.75, 3.05) is 18.1 Å². The number of rotatable bonds is 14. The van der Waals surface area contributed by atoms with Crippen LogP contribution < -0.4 is 9.64 Å². The smallest absolute Gasteiger partial charge is 0.335 e. The third kappa shape index (κ3) is 7.71. The fourth-order valence-electron chi connectivity index (χ4n) is 5.99. The van der Waals surface area contributed by atoms with Gasteiger partial charge in [0.2, 0.25) is 15.9 Å². The number of hydrogen-bond acceptors (Lipinski definition) is 5. The summed E-state index contributed by atoms with van der Waals surface area (Å²) in [5, 5.41) is 9.66. The van der Waals surface area contributed by atoms with Gasteiger partial charge in [0, 0.05) is 12.1 Å². The number of aromatic carboxylic acids is 1. The second-order valence-electron chi connectivity index (χ2n) is 12.7. The van der Waals surface area contributed by atoms with Gasteiger partial charge in [-0.1, -0.05) is 36.4 Å². The molecule has 2 saturated carbocycles. The van der Waals surface area contributed by atoms with Crippen LogP contribution in [0.1, 0.15) is 77.1 Å². The highest BCUT2D eigenvalue weighted by molar-refractivity contribution is 9.10. The Morgan fingerprint density at radius 3 is 2.04 bits per heavy atom. The monoisotopic (exact) mass is 806 g/mol. The topological polar surface area (TPSA) is 104 Å². The zero-order chi connectivity index (χ0) is 37.5. The Kier molecular flexibility index (Phi) is 10.8. The van der Waals surface area contributed by atoms with Crippen molar-refractivity contribution in [1.29, 1.82) is 0 Å². The largest absolute Gasteiger partial charge is 0.492 e. The SMILES string of the molecule is CCOc1cc(C(=O)O)ccc1N(Cc1cc(C2CC2)cc(C2CC2)c1)C(=O)CN(Cc1ccccc1F)S(=O)(=O)c1c(F)c(F)c(F)c(F)c1Br. The first-order chi connectivity index (χ1) is 24.7. The average molecular weight is 808 g/mol. The number of benzene rings is 4. The van der Waals surface area contributed by atoms with E-state index >= 15 is 4.39 Å². The number of ether oxygens (including phenoxy) is 1. The number of carboxylic acid groups (broad SMARTS) is 1. The molecule has 2 aliphatic carbocycles. The van der Waals surface area contributed by atoms with E-state index in [4.69, 9.17) is 4.74 Å². The molecule has 2 aliphatic rings. The summed E-state index contributed by atoms with van der Waals surface area (Å²) in [5.41, 5.74) is 2.50. The van der Waals surface area contributed by atoms with E-state index in [1.807, 2.05) is 12.1 Å². The first kappa shape index (κ1) is 37.4. The van der Waals surface area contributed by atoms with Gasteiger partial charge in [-0.15, -0.1) is 0 Å². The highest BCUT2D eigenvalue weighted by atomic mass is 79.9. The Labute approximate surface area is 305 Å². The average Bonchev–Trinajstić information content (AvgIpc) is 4.03. The molecule has 0 aliphatic heterocycles. The van der Waals surface area contributed by atoms with Gasteiger partial charge in [-0.25, -0.2) is 35.2 Å². The number of halogens is 6. The molecule has 1 amide bonds. The molecule has 0 heterocycles. The van der Waals surface area contributed by atoms with Crippen molar-refractivity contribution in [3.63, 3.8) is 0 Å². The number of carboxylic acids is 1. The molecule has 52 heavy (non-hydrogen) atoms. The van der Waals surface area contributed by atoms with E-state index in [1.165, 1.54) is 41.3 Å². The van der Waals surface area contributed by atoms with Crippen LogP contribution in [0, 0.1) is 29.1 Å². The van der Waals surface area contributed by atoms with Crippen LogP contribution in [0.15, 0.2) is 70.0 Å². The molecular weight excluding hydrogens is 775 g/mol. The van der Waals surface area contributed by atoms with Gasteiger partial charge in [0.05, 0.1) is 35.4 Å². The van der Waals surface area contributed by atoms with E-state index < -0.39 is 73.4 Å². The predicted molar refractivity (Wildman–Crippen MR) is 184 cm³/mol. The van der Waals surface area contributed by atoms with Crippen molar-refractivity contribution in [2.24, 2.45) is 0 Å². The summed E-state index contributed by atoms with van der Waals surface area (Å²) in [6, 6.07) is 14.7. The van der Waals surface area contributed by atoms with Crippen molar-refractivity contribution in [2.45, 2.75) is 62.4 Å². The van der Waals surface area contributed by atoms with E-state index in [1.54, 1.807) is 6.92 Å². The Morgan fingerprint density at radius 2 is 1.46 bits per heavy atom. The van der Waals surface area contributed by atoms with Crippen LogP contribution >= 0.6 is 15.9 Å². The number of sulfonamides is 1. The Bertz CT molecular complexity index is 2120. The van der Waals surface area contributed by atoms with Gasteiger partial charge in [0.15, 0.2) is 23.3 Å². The Morgan fingerprint density at radius 1 is 0.846 bits per heavy atom. The highest BCUT2D eigenvalue weighted by Crippen LogP contribution is 2.46. The Balaban J connectivity index is 1.48. The standard InChI is InChI=1S/C37H32BrF5N2O6S/c1-2-51-29-16-23(37(47)48)11-12-28(29)45(17-20-13-25(21-7-8-21)15-26(14-20)22-9-10-22)30(46)19-44(18-24-5-3-4-6-27(24)39)52(49,50)36-31(38)32(40)33(41)34(42)35(36)43/h3-6,11-16,21-22H,2,7-10,17-19H2,1H3,(H,47,48). The Hall–Kier alpha value is -4.34. The summed E-state index contributed by atoms with van der Waals surface area (Å²) in [4.78, 5) is 25.9. The molecule has 274 valence electrons. The van der Waals surface area contributed by atoms with Crippen LogP contribution in [0.25, 0.3) is 0 Å². The van der Waals surface area contributed by atoms with E-state index in [2.05, 4.69) is 22.0 Å². The lowest BCUT2D eigenvalue weighted by Crippen LogP contribution is -2.43. The van der Waals surface area contributed by atoms with Crippen molar-refractivity contribution < 1.29 is 49.8 Å². The molecule has 4 aromatic rings.